The van der Waals surface area contributed by atoms with Crippen LogP contribution in [-0.2, 0) is 4.79 Å². The van der Waals surface area contributed by atoms with Crippen molar-refractivity contribution in [3.63, 3.8) is 0 Å². The van der Waals surface area contributed by atoms with Gasteiger partial charge in [0.25, 0.3) is 0 Å². The summed E-state index contributed by atoms with van der Waals surface area (Å²) in [5.74, 6) is 2.42. The topological polar surface area (TPSA) is 57.5 Å². The highest BCUT2D eigenvalue weighted by atomic mass is 32.2. The van der Waals surface area contributed by atoms with Crippen molar-refractivity contribution < 1.29 is 15.0 Å². The van der Waals surface area contributed by atoms with Crippen LogP contribution in [0.4, 0.5) is 0 Å². The first-order valence-electron chi connectivity index (χ1n) is 4.76. The summed E-state index contributed by atoms with van der Waals surface area (Å²) in [6, 6.07) is 0. The number of rotatable bonds is 2. The Hall–Kier alpha value is 0.990. The maximum Gasteiger partial charge on any atom is 0.152 e. The lowest BCUT2D eigenvalue weighted by Gasteiger charge is -2.09. The molecule has 0 radical (unpaired) electrons. The molecule has 1 unspecified atom stereocenters. The Labute approximate surface area is 116 Å². The van der Waals surface area contributed by atoms with Crippen LogP contribution in [0, 0.1) is 0 Å². The number of Topliss-reactive ketones (excluding diaryl/α,β-unsaturated/α-hetero) is 1. The molecule has 96 valence electrons. The Morgan fingerprint density at radius 1 is 1.44 bits per heavy atom. The van der Waals surface area contributed by atoms with E-state index in [1.165, 1.54) is 0 Å². The largest absolute Gasteiger partial charge is 0.395 e. The first kappa shape index (κ1) is 17.0. The normalized spacial score (nSPS) is 22.1. The van der Waals surface area contributed by atoms with Crippen LogP contribution in [0.1, 0.15) is 6.92 Å². The third kappa shape index (κ3) is 10.2. The number of carbonyl (C=O) groups is 1. The average molecular weight is 303 g/mol. The molecule has 0 spiro atoms. The lowest BCUT2D eigenvalue weighted by molar-refractivity contribution is -0.114. The summed E-state index contributed by atoms with van der Waals surface area (Å²) >= 11 is 10.9. The second-order valence-corrected chi connectivity index (χ2v) is 8.19. The Balaban J connectivity index is 0.000000325. The maximum absolute atomic E-state index is 10.8. The van der Waals surface area contributed by atoms with Gasteiger partial charge in [0.15, 0.2) is 5.78 Å². The van der Waals surface area contributed by atoms with Crippen LogP contribution in [0.3, 0.4) is 0 Å². The molecule has 1 aliphatic heterocycles. The minimum Gasteiger partial charge on any atom is -0.395 e. The standard InChI is InChI=1S/C6H10O2S2.C3H8OS2/c7-1-6-4-9-2-5(8)3-10-6;1-3(5,6)2-4/h6-7H,1-4H2;4-6H,2H2,1H3. The predicted octanol–water partition coefficient (Wildman–Crippen LogP) is 0.951. The van der Waals surface area contributed by atoms with Gasteiger partial charge in [-0.25, -0.2) is 0 Å². The summed E-state index contributed by atoms with van der Waals surface area (Å²) in [6.45, 7) is 1.92. The number of carbonyl (C=O) groups excluding carboxylic acids is 1. The smallest absolute Gasteiger partial charge is 0.152 e. The molecule has 0 aromatic carbocycles. The van der Waals surface area contributed by atoms with Gasteiger partial charge in [-0.3, -0.25) is 4.79 Å². The summed E-state index contributed by atoms with van der Waals surface area (Å²) < 4.78 is -0.514. The van der Waals surface area contributed by atoms with Crippen molar-refractivity contribution in [2.75, 3.05) is 30.5 Å². The predicted molar refractivity (Wildman–Crippen MR) is 79.1 cm³/mol. The molecular formula is C9H18O3S4. The molecule has 0 amide bonds. The first-order valence-corrected chi connectivity index (χ1v) is 7.86. The molecule has 0 bridgehead atoms. The molecule has 3 nitrogen and oxygen atoms in total. The Bertz CT molecular complexity index is 205. The second kappa shape index (κ2) is 8.99. The molecule has 1 fully saturated rings. The molecule has 16 heavy (non-hydrogen) atoms. The van der Waals surface area contributed by atoms with Crippen LogP contribution in [0.2, 0.25) is 0 Å². The van der Waals surface area contributed by atoms with Crippen molar-refractivity contribution in [2.45, 2.75) is 16.3 Å². The molecule has 0 aromatic heterocycles. The van der Waals surface area contributed by atoms with E-state index in [2.05, 4.69) is 25.3 Å². The molecule has 1 heterocycles. The lowest BCUT2D eigenvalue weighted by Crippen LogP contribution is -2.11. The van der Waals surface area contributed by atoms with Crippen molar-refractivity contribution in [3.8, 4) is 0 Å². The van der Waals surface area contributed by atoms with Gasteiger partial charge in [0.05, 0.1) is 28.8 Å². The van der Waals surface area contributed by atoms with E-state index in [0.29, 0.717) is 17.3 Å². The molecule has 1 saturated heterocycles. The fourth-order valence-corrected chi connectivity index (χ4v) is 2.96. The molecule has 1 rings (SSSR count). The van der Waals surface area contributed by atoms with E-state index >= 15 is 0 Å². The molecule has 2 N–H and O–H groups in total. The minimum atomic E-state index is -0.514. The molecule has 0 saturated carbocycles. The number of hydrogen-bond acceptors (Lipinski definition) is 7. The third-order valence-corrected chi connectivity index (χ3v) is 4.48. The number of ketones is 1. The highest BCUT2D eigenvalue weighted by Gasteiger charge is 2.15. The quantitative estimate of drug-likeness (QED) is 0.452. The van der Waals surface area contributed by atoms with Crippen LogP contribution in [-0.4, -0.2) is 55.8 Å². The molecule has 0 aromatic rings. The number of thiol groups is 2. The average Bonchev–Trinajstić information content (AvgIpc) is 2.42. The van der Waals surface area contributed by atoms with Gasteiger partial charge in [-0.05, 0) is 6.92 Å². The Kier molecular flexibility index (Phi) is 9.55. The highest BCUT2D eigenvalue weighted by molar-refractivity contribution is 8.05. The van der Waals surface area contributed by atoms with Gasteiger partial charge in [-0.15, -0.1) is 11.8 Å². The van der Waals surface area contributed by atoms with E-state index < -0.39 is 4.08 Å². The van der Waals surface area contributed by atoms with Gasteiger partial charge in [0.2, 0.25) is 0 Å². The fourth-order valence-electron chi connectivity index (χ4n) is 0.710. The van der Waals surface area contributed by atoms with Gasteiger partial charge >= 0.3 is 0 Å². The number of aliphatic hydroxyl groups is 2. The van der Waals surface area contributed by atoms with Gasteiger partial charge in [0, 0.05) is 11.0 Å². The Morgan fingerprint density at radius 3 is 2.44 bits per heavy atom. The molecular weight excluding hydrogens is 284 g/mol. The van der Waals surface area contributed by atoms with Crippen LogP contribution in [0.5, 0.6) is 0 Å². The van der Waals surface area contributed by atoms with Crippen LogP contribution < -0.4 is 0 Å². The van der Waals surface area contributed by atoms with Crippen molar-refractivity contribution in [1.29, 1.82) is 0 Å². The Morgan fingerprint density at radius 2 is 2.00 bits per heavy atom. The first-order chi connectivity index (χ1) is 7.39. The van der Waals surface area contributed by atoms with Gasteiger partial charge in [-0.2, -0.15) is 37.0 Å². The van der Waals surface area contributed by atoms with Gasteiger partial charge in [-0.1, -0.05) is 0 Å². The van der Waals surface area contributed by atoms with Crippen LogP contribution in [0.25, 0.3) is 0 Å². The summed E-state index contributed by atoms with van der Waals surface area (Å²) in [6.07, 6.45) is 0. The number of hydrogen-bond donors (Lipinski definition) is 4. The van der Waals surface area contributed by atoms with Crippen molar-refractivity contribution in [2.24, 2.45) is 0 Å². The highest BCUT2D eigenvalue weighted by Crippen LogP contribution is 2.20. The second-order valence-electron chi connectivity index (χ2n) is 3.54. The zero-order chi connectivity index (χ0) is 12.6. The van der Waals surface area contributed by atoms with Crippen LogP contribution in [0.15, 0.2) is 0 Å². The van der Waals surface area contributed by atoms with Gasteiger partial charge < -0.3 is 10.2 Å². The molecule has 1 aliphatic rings. The van der Waals surface area contributed by atoms with Gasteiger partial charge in [0.1, 0.15) is 0 Å². The van der Waals surface area contributed by atoms with Crippen LogP contribution >= 0.6 is 48.8 Å². The van der Waals surface area contributed by atoms with E-state index in [-0.39, 0.29) is 18.5 Å². The van der Waals surface area contributed by atoms with E-state index in [0.717, 1.165) is 5.75 Å². The zero-order valence-electron chi connectivity index (χ0n) is 9.13. The number of aliphatic hydroxyl groups excluding tert-OH is 2. The minimum absolute atomic E-state index is 0.000772. The van der Waals surface area contributed by atoms with Crippen molar-refractivity contribution in [1.82, 2.24) is 0 Å². The van der Waals surface area contributed by atoms with Crippen molar-refractivity contribution >= 4 is 54.6 Å². The summed E-state index contributed by atoms with van der Waals surface area (Å²) in [4.78, 5) is 10.8. The zero-order valence-corrected chi connectivity index (χ0v) is 12.5. The number of thioether (sulfide) groups is 2. The summed E-state index contributed by atoms with van der Waals surface area (Å²) in [5.41, 5.74) is 0. The molecule has 7 heteroatoms. The SMILES string of the molecule is CC(S)(S)CO.O=C1CSCC(CO)SC1. The molecule has 0 aliphatic carbocycles. The van der Waals surface area contributed by atoms with E-state index in [1.54, 1.807) is 30.4 Å². The van der Waals surface area contributed by atoms with E-state index in [4.69, 9.17) is 10.2 Å². The van der Waals surface area contributed by atoms with E-state index in [1.807, 2.05) is 0 Å². The van der Waals surface area contributed by atoms with E-state index in [9.17, 15) is 4.79 Å². The maximum atomic E-state index is 10.8. The third-order valence-electron chi connectivity index (χ3n) is 1.55. The molecule has 1 atom stereocenters. The summed E-state index contributed by atoms with van der Waals surface area (Å²) in [5, 5.41) is 17.3. The summed E-state index contributed by atoms with van der Waals surface area (Å²) in [7, 11) is 0. The lowest BCUT2D eigenvalue weighted by atomic mass is 10.5. The van der Waals surface area contributed by atoms with Crippen molar-refractivity contribution in [3.05, 3.63) is 0 Å². The fraction of sp³-hybridized carbons (Fsp3) is 0.889. The monoisotopic (exact) mass is 302 g/mol.